The molecule has 2 N–H and O–H groups in total. The first-order valence-corrected chi connectivity index (χ1v) is 6.12. The van der Waals surface area contributed by atoms with Crippen LogP contribution in [0.1, 0.15) is 5.56 Å². The van der Waals surface area contributed by atoms with Crippen molar-refractivity contribution in [3.8, 4) is 0 Å². The van der Waals surface area contributed by atoms with Gasteiger partial charge in [-0.05, 0) is 12.1 Å². The van der Waals surface area contributed by atoms with Gasteiger partial charge < -0.3 is 15.3 Å². The van der Waals surface area contributed by atoms with Gasteiger partial charge in [-0.3, -0.25) is 0 Å². The average molecular weight is 294 g/mol. The van der Waals surface area contributed by atoms with Crippen LogP contribution in [0.2, 0.25) is 5.02 Å². The molecule has 3 aromatic rings. The Morgan fingerprint density at radius 2 is 2.15 bits per heavy atom. The SMILES string of the molecule is [O-][NH2+]c1ncnc2c1ncn2Cc1c(F)cccc1Cl. The van der Waals surface area contributed by atoms with Crippen LogP contribution >= 0.6 is 11.6 Å². The number of aromatic nitrogens is 4. The number of halogens is 2. The molecule has 0 bridgehead atoms. The lowest BCUT2D eigenvalue weighted by molar-refractivity contribution is -0.499. The van der Waals surface area contributed by atoms with E-state index in [9.17, 15) is 9.60 Å². The number of benzene rings is 1. The highest BCUT2D eigenvalue weighted by Crippen LogP contribution is 2.22. The molecule has 0 aliphatic carbocycles. The van der Waals surface area contributed by atoms with E-state index in [4.69, 9.17) is 11.6 Å². The Morgan fingerprint density at radius 1 is 1.30 bits per heavy atom. The molecule has 0 atom stereocenters. The first-order chi connectivity index (χ1) is 9.70. The minimum atomic E-state index is -0.399. The van der Waals surface area contributed by atoms with Gasteiger partial charge in [-0.2, -0.15) is 4.98 Å². The van der Waals surface area contributed by atoms with Gasteiger partial charge in [-0.1, -0.05) is 17.7 Å². The van der Waals surface area contributed by atoms with E-state index in [-0.39, 0.29) is 12.4 Å². The third kappa shape index (κ3) is 2.11. The molecular formula is C12H9ClFN5O. The lowest BCUT2D eigenvalue weighted by atomic mass is 10.2. The first-order valence-electron chi connectivity index (χ1n) is 5.74. The Hall–Kier alpha value is -2.09. The topological polar surface area (TPSA) is 83.3 Å². The van der Waals surface area contributed by atoms with E-state index < -0.39 is 5.82 Å². The Labute approximate surface area is 117 Å². The molecule has 6 nitrogen and oxygen atoms in total. The van der Waals surface area contributed by atoms with E-state index in [1.54, 1.807) is 16.7 Å². The van der Waals surface area contributed by atoms with Crippen molar-refractivity contribution >= 4 is 28.6 Å². The molecule has 1 aromatic carbocycles. The van der Waals surface area contributed by atoms with E-state index >= 15 is 0 Å². The van der Waals surface area contributed by atoms with Crippen LogP contribution in [0.15, 0.2) is 30.9 Å². The maximum Gasteiger partial charge on any atom is 0.255 e. The van der Waals surface area contributed by atoms with Gasteiger partial charge in [0.1, 0.15) is 12.1 Å². The van der Waals surface area contributed by atoms with Gasteiger partial charge in [-0.15, -0.1) is 0 Å². The average Bonchev–Trinajstić information content (AvgIpc) is 2.86. The van der Waals surface area contributed by atoms with Crippen molar-refractivity contribution in [1.29, 1.82) is 0 Å². The molecule has 0 spiro atoms. The van der Waals surface area contributed by atoms with Gasteiger partial charge in [0.15, 0.2) is 11.2 Å². The Balaban J connectivity index is 2.08. The zero-order valence-electron chi connectivity index (χ0n) is 10.1. The van der Waals surface area contributed by atoms with Crippen LogP contribution in [-0.2, 0) is 6.54 Å². The van der Waals surface area contributed by atoms with Gasteiger partial charge in [0.25, 0.3) is 5.82 Å². The maximum absolute atomic E-state index is 13.8. The Bertz CT molecular complexity index is 755. The number of quaternary nitrogens is 1. The molecule has 102 valence electrons. The van der Waals surface area contributed by atoms with Crippen molar-refractivity contribution in [1.82, 2.24) is 19.5 Å². The molecule has 0 saturated carbocycles. The quantitative estimate of drug-likeness (QED) is 0.739. The van der Waals surface area contributed by atoms with Crippen molar-refractivity contribution < 1.29 is 9.87 Å². The number of fused-ring (bicyclic) bond motifs is 1. The second-order valence-electron chi connectivity index (χ2n) is 4.12. The van der Waals surface area contributed by atoms with Crippen LogP contribution in [0.3, 0.4) is 0 Å². The van der Waals surface area contributed by atoms with Crippen molar-refractivity contribution in [2.24, 2.45) is 0 Å². The Morgan fingerprint density at radius 3 is 2.90 bits per heavy atom. The third-order valence-corrected chi connectivity index (χ3v) is 3.29. The van der Waals surface area contributed by atoms with Gasteiger partial charge in [0.05, 0.1) is 12.9 Å². The van der Waals surface area contributed by atoms with E-state index in [0.29, 0.717) is 27.2 Å². The molecule has 20 heavy (non-hydrogen) atoms. The van der Waals surface area contributed by atoms with Gasteiger partial charge in [0.2, 0.25) is 0 Å². The Kier molecular flexibility index (Phi) is 3.31. The fourth-order valence-corrected chi connectivity index (χ4v) is 2.18. The molecule has 2 heterocycles. The van der Waals surface area contributed by atoms with Crippen LogP contribution in [0, 0.1) is 11.0 Å². The lowest BCUT2D eigenvalue weighted by Crippen LogP contribution is -2.70. The number of rotatable bonds is 3. The van der Waals surface area contributed by atoms with Gasteiger partial charge in [-0.25, -0.2) is 14.4 Å². The van der Waals surface area contributed by atoms with E-state index in [1.807, 2.05) is 0 Å². The number of hydrogen-bond acceptors (Lipinski definition) is 4. The second kappa shape index (κ2) is 5.12. The summed E-state index contributed by atoms with van der Waals surface area (Å²) in [5, 5.41) is 11.2. The molecule has 0 fully saturated rings. The van der Waals surface area contributed by atoms with Crippen molar-refractivity contribution in [3.05, 3.63) is 52.5 Å². The molecule has 3 rings (SSSR count). The first kappa shape index (κ1) is 12.9. The summed E-state index contributed by atoms with van der Waals surface area (Å²) in [5.41, 5.74) is 1.80. The van der Waals surface area contributed by atoms with Crippen LogP contribution in [-0.4, -0.2) is 19.5 Å². The second-order valence-corrected chi connectivity index (χ2v) is 4.53. The highest BCUT2D eigenvalue weighted by atomic mass is 35.5. The van der Waals surface area contributed by atoms with Crippen molar-refractivity contribution in [2.45, 2.75) is 6.54 Å². The van der Waals surface area contributed by atoms with E-state index in [0.717, 1.165) is 0 Å². The summed E-state index contributed by atoms with van der Waals surface area (Å²) < 4.78 is 15.4. The molecule has 0 aliphatic heterocycles. The highest BCUT2D eigenvalue weighted by Gasteiger charge is 2.14. The zero-order valence-corrected chi connectivity index (χ0v) is 10.9. The minimum absolute atomic E-state index is 0.178. The lowest BCUT2D eigenvalue weighted by Gasteiger charge is -2.07. The van der Waals surface area contributed by atoms with E-state index in [1.165, 1.54) is 18.7 Å². The number of hydrogen-bond donors (Lipinski definition) is 1. The number of imidazole rings is 1. The molecule has 2 aromatic heterocycles. The molecule has 0 saturated heterocycles. The largest absolute Gasteiger partial charge is 0.629 e. The number of nitrogens with zero attached hydrogens (tertiary/aromatic N) is 4. The summed E-state index contributed by atoms with van der Waals surface area (Å²) in [6, 6.07) is 4.50. The summed E-state index contributed by atoms with van der Waals surface area (Å²) in [6.07, 6.45) is 2.75. The van der Waals surface area contributed by atoms with Gasteiger partial charge >= 0.3 is 0 Å². The van der Waals surface area contributed by atoms with Crippen LogP contribution in [0.4, 0.5) is 10.2 Å². The smallest absolute Gasteiger partial charge is 0.255 e. The molecule has 0 amide bonds. The monoisotopic (exact) mass is 293 g/mol. The van der Waals surface area contributed by atoms with Crippen molar-refractivity contribution in [3.63, 3.8) is 0 Å². The normalized spacial score (nSPS) is 11.2. The number of nitrogens with two attached hydrogens (primary N) is 1. The fraction of sp³-hybridized carbons (Fsp3) is 0.0833. The highest BCUT2D eigenvalue weighted by molar-refractivity contribution is 6.31. The summed E-state index contributed by atoms with van der Waals surface area (Å²) in [5.74, 6) is -0.197. The molecule has 0 unspecified atom stereocenters. The van der Waals surface area contributed by atoms with E-state index in [2.05, 4.69) is 15.0 Å². The predicted octanol–water partition coefficient (Wildman–Crippen LogP) is 1.36. The third-order valence-electron chi connectivity index (χ3n) is 2.93. The molecule has 8 heteroatoms. The zero-order chi connectivity index (χ0) is 14.1. The maximum atomic E-state index is 13.8. The summed E-state index contributed by atoms with van der Waals surface area (Å²) in [6.45, 7) is 0.178. The summed E-state index contributed by atoms with van der Waals surface area (Å²) in [4.78, 5) is 12.0. The van der Waals surface area contributed by atoms with Crippen LogP contribution in [0.25, 0.3) is 11.2 Å². The van der Waals surface area contributed by atoms with Crippen LogP contribution < -0.4 is 5.48 Å². The summed E-state index contributed by atoms with van der Waals surface area (Å²) >= 11 is 5.99. The molecule has 0 radical (unpaired) electrons. The molecule has 0 aliphatic rings. The van der Waals surface area contributed by atoms with Crippen molar-refractivity contribution in [2.75, 3.05) is 0 Å². The summed E-state index contributed by atoms with van der Waals surface area (Å²) in [7, 11) is 0. The molecular weight excluding hydrogens is 285 g/mol. The fourth-order valence-electron chi connectivity index (χ4n) is 1.95. The predicted molar refractivity (Wildman–Crippen MR) is 70.8 cm³/mol. The van der Waals surface area contributed by atoms with Gasteiger partial charge in [0, 0.05) is 10.6 Å². The standard InChI is InChI=1S/C12H9ClFN5O/c13-8-2-1-3-9(14)7(8)4-19-6-17-10-11(18-20)15-5-16-12(10)19/h1-3,5-6H,4,18H2. The van der Waals surface area contributed by atoms with Crippen LogP contribution in [0.5, 0.6) is 0 Å². The minimum Gasteiger partial charge on any atom is -0.629 e.